The third-order valence-corrected chi connectivity index (χ3v) is 2.01. The largest absolute Gasteiger partial charge is 0.478 e. The Labute approximate surface area is 88.3 Å². The number of terminal acetylenes is 1. The average molecular weight is 207 g/mol. The molecule has 15 heavy (non-hydrogen) atoms. The Morgan fingerprint density at radius 1 is 1.80 bits per heavy atom. The van der Waals surface area contributed by atoms with Crippen LogP contribution in [-0.2, 0) is 6.54 Å². The van der Waals surface area contributed by atoms with Gasteiger partial charge in [-0.1, -0.05) is 0 Å². The summed E-state index contributed by atoms with van der Waals surface area (Å²) in [5.74, 6) is 1.97. The molecule has 1 atom stereocenters. The second-order valence-corrected chi connectivity index (χ2v) is 3.25. The number of carboxylic acids is 1. The minimum absolute atomic E-state index is 0.141. The Kier molecular flexibility index (Phi) is 3.95. The van der Waals surface area contributed by atoms with Gasteiger partial charge in [-0.2, -0.15) is 0 Å². The van der Waals surface area contributed by atoms with Gasteiger partial charge < -0.3 is 14.8 Å². The van der Waals surface area contributed by atoms with Crippen LogP contribution in [-0.4, -0.2) is 17.1 Å². The second-order valence-electron chi connectivity index (χ2n) is 3.25. The van der Waals surface area contributed by atoms with E-state index in [0.717, 1.165) is 0 Å². The maximum absolute atomic E-state index is 10.7. The maximum atomic E-state index is 10.7. The lowest BCUT2D eigenvalue weighted by atomic mass is 10.2. The van der Waals surface area contributed by atoms with Crippen LogP contribution in [0.4, 0.5) is 0 Å². The molecule has 1 heterocycles. The highest BCUT2D eigenvalue weighted by Gasteiger charge is 2.13. The SMILES string of the molecule is C#CCC(C)NCc1occc1C(=O)O. The van der Waals surface area contributed by atoms with E-state index in [9.17, 15) is 4.79 Å². The fraction of sp³-hybridized carbons (Fsp3) is 0.364. The van der Waals surface area contributed by atoms with Gasteiger partial charge in [0.1, 0.15) is 11.3 Å². The number of rotatable bonds is 5. The van der Waals surface area contributed by atoms with Gasteiger partial charge in [-0.15, -0.1) is 12.3 Å². The van der Waals surface area contributed by atoms with Gasteiger partial charge in [-0.25, -0.2) is 4.79 Å². The molecular formula is C11H13NO3. The summed E-state index contributed by atoms with van der Waals surface area (Å²) in [4.78, 5) is 10.7. The lowest BCUT2D eigenvalue weighted by Crippen LogP contribution is -2.25. The topological polar surface area (TPSA) is 62.5 Å². The summed E-state index contributed by atoms with van der Waals surface area (Å²) < 4.78 is 5.06. The fourth-order valence-electron chi connectivity index (χ4n) is 1.18. The molecule has 0 spiro atoms. The number of furan rings is 1. The molecule has 0 radical (unpaired) electrons. The fourth-order valence-corrected chi connectivity index (χ4v) is 1.18. The predicted octanol–water partition coefficient (Wildman–Crippen LogP) is 1.48. The van der Waals surface area contributed by atoms with E-state index < -0.39 is 5.97 Å². The summed E-state index contributed by atoms with van der Waals surface area (Å²) >= 11 is 0. The minimum Gasteiger partial charge on any atom is -0.478 e. The normalized spacial score (nSPS) is 12.0. The van der Waals surface area contributed by atoms with E-state index in [4.69, 9.17) is 15.9 Å². The van der Waals surface area contributed by atoms with Crippen molar-refractivity contribution >= 4 is 5.97 Å². The standard InChI is InChI=1S/C11H13NO3/c1-3-4-8(2)12-7-10-9(11(13)14)5-6-15-10/h1,5-6,8,12H,4,7H2,2H3,(H,13,14). The summed E-state index contributed by atoms with van der Waals surface area (Å²) in [5.41, 5.74) is 0.190. The van der Waals surface area contributed by atoms with Crippen LogP contribution in [0.25, 0.3) is 0 Å². The second kappa shape index (κ2) is 5.23. The molecule has 1 aromatic heterocycles. The van der Waals surface area contributed by atoms with E-state index in [1.807, 2.05) is 6.92 Å². The molecule has 1 rings (SSSR count). The van der Waals surface area contributed by atoms with Crippen molar-refractivity contribution in [2.24, 2.45) is 0 Å². The zero-order chi connectivity index (χ0) is 11.3. The monoisotopic (exact) mass is 207 g/mol. The summed E-state index contributed by atoms with van der Waals surface area (Å²) in [6.07, 6.45) is 7.12. The maximum Gasteiger partial charge on any atom is 0.339 e. The Morgan fingerprint density at radius 3 is 3.13 bits per heavy atom. The number of hydrogen-bond acceptors (Lipinski definition) is 3. The van der Waals surface area contributed by atoms with Crippen LogP contribution in [0.1, 0.15) is 29.5 Å². The van der Waals surface area contributed by atoms with E-state index >= 15 is 0 Å². The zero-order valence-electron chi connectivity index (χ0n) is 8.49. The summed E-state index contributed by atoms with van der Waals surface area (Å²) in [6.45, 7) is 2.31. The molecule has 0 aliphatic heterocycles. The van der Waals surface area contributed by atoms with Gasteiger partial charge in [0.05, 0.1) is 12.8 Å². The van der Waals surface area contributed by atoms with E-state index in [-0.39, 0.29) is 11.6 Å². The van der Waals surface area contributed by atoms with Crippen molar-refractivity contribution in [2.45, 2.75) is 25.9 Å². The van der Waals surface area contributed by atoms with Crippen LogP contribution in [0, 0.1) is 12.3 Å². The van der Waals surface area contributed by atoms with Gasteiger partial charge in [0.15, 0.2) is 0 Å². The first-order chi connectivity index (χ1) is 7.15. The van der Waals surface area contributed by atoms with Gasteiger partial charge in [-0.3, -0.25) is 0 Å². The van der Waals surface area contributed by atoms with Crippen molar-refractivity contribution < 1.29 is 14.3 Å². The quantitative estimate of drug-likeness (QED) is 0.718. The zero-order valence-corrected chi connectivity index (χ0v) is 8.49. The Balaban J connectivity index is 2.54. The van der Waals surface area contributed by atoms with Gasteiger partial charge in [0.2, 0.25) is 0 Å². The third kappa shape index (κ3) is 3.15. The van der Waals surface area contributed by atoms with Crippen LogP contribution in [0.15, 0.2) is 16.7 Å². The van der Waals surface area contributed by atoms with Crippen LogP contribution in [0.3, 0.4) is 0 Å². The number of hydrogen-bond donors (Lipinski definition) is 2. The third-order valence-electron chi connectivity index (χ3n) is 2.01. The highest BCUT2D eigenvalue weighted by atomic mass is 16.4. The van der Waals surface area contributed by atoms with Crippen molar-refractivity contribution in [2.75, 3.05) is 0 Å². The average Bonchev–Trinajstić information content (AvgIpc) is 2.63. The molecule has 4 nitrogen and oxygen atoms in total. The highest BCUT2D eigenvalue weighted by molar-refractivity contribution is 5.88. The molecule has 4 heteroatoms. The van der Waals surface area contributed by atoms with Gasteiger partial charge in [0.25, 0.3) is 0 Å². The molecular weight excluding hydrogens is 194 g/mol. The van der Waals surface area contributed by atoms with Crippen LogP contribution < -0.4 is 5.32 Å². The Bertz CT molecular complexity index is 375. The molecule has 0 saturated heterocycles. The van der Waals surface area contributed by atoms with Gasteiger partial charge in [-0.05, 0) is 13.0 Å². The van der Waals surface area contributed by atoms with E-state index in [1.54, 1.807) is 0 Å². The number of carboxylic acid groups (broad SMARTS) is 1. The molecule has 0 aliphatic rings. The molecule has 0 aliphatic carbocycles. The predicted molar refractivity (Wildman–Crippen MR) is 55.4 cm³/mol. The Morgan fingerprint density at radius 2 is 2.53 bits per heavy atom. The van der Waals surface area contributed by atoms with Crippen molar-refractivity contribution in [3.05, 3.63) is 23.7 Å². The van der Waals surface area contributed by atoms with Crippen molar-refractivity contribution in [3.8, 4) is 12.3 Å². The van der Waals surface area contributed by atoms with E-state index in [2.05, 4.69) is 11.2 Å². The highest BCUT2D eigenvalue weighted by Crippen LogP contribution is 2.10. The summed E-state index contributed by atoms with van der Waals surface area (Å²) in [7, 11) is 0. The van der Waals surface area contributed by atoms with Crippen molar-refractivity contribution in [1.82, 2.24) is 5.32 Å². The van der Waals surface area contributed by atoms with Crippen LogP contribution in [0.2, 0.25) is 0 Å². The number of nitrogens with one attached hydrogen (secondary N) is 1. The molecule has 80 valence electrons. The van der Waals surface area contributed by atoms with Crippen LogP contribution in [0.5, 0.6) is 0 Å². The molecule has 2 N–H and O–H groups in total. The smallest absolute Gasteiger partial charge is 0.339 e. The molecule has 0 fully saturated rings. The summed E-state index contributed by atoms with van der Waals surface area (Å²) in [6, 6.07) is 1.58. The van der Waals surface area contributed by atoms with E-state index in [1.165, 1.54) is 12.3 Å². The molecule has 1 aromatic rings. The molecule has 0 saturated carbocycles. The van der Waals surface area contributed by atoms with Crippen molar-refractivity contribution in [3.63, 3.8) is 0 Å². The Hall–Kier alpha value is -1.73. The lowest BCUT2D eigenvalue weighted by molar-refractivity contribution is 0.0694. The molecule has 1 unspecified atom stereocenters. The molecule has 0 aromatic carbocycles. The van der Waals surface area contributed by atoms with Gasteiger partial charge >= 0.3 is 5.97 Å². The van der Waals surface area contributed by atoms with E-state index in [0.29, 0.717) is 18.7 Å². The molecule has 0 amide bonds. The minimum atomic E-state index is -0.981. The first kappa shape index (κ1) is 11.3. The van der Waals surface area contributed by atoms with Crippen molar-refractivity contribution in [1.29, 1.82) is 0 Å². The van der Waals surface area contributed by atoms with Crippen LogP contribution >= 0.6 is 0 Å². The number of aromatic carboxylic acids is 1. The summed E-state index contributed by atoms with van der Waals surface area (Å²) in [5, 5.41) is 11.9. The van der Waals surface area contributed by atoms with Gasteiger partial charge in [0, 0.05) is 12.5 Å². The first-order valence-electron chi connectivity index (χ1n) is 4.61. The first-order valence-corrected chi connectivity index (χ1v) is 4.61. The lowest BCUT2D eigenvalue weighted by Gasteiger charge is -2.09. The molecule has 0 bridgehead atoms. The number of carbonyl (C=O) groups is 1.